The number of aryl methyl sites for hydroxylation is 2. The fraction of sp³-hybridized carbons (Fsp3) is 0.364. The van der Waals surface area contributed by atoms with Gasteiger partial charge >= 0.3 is 11.9 Å². The minimum Gasteiger partial charge on any atom is -0.468 e. The van der Waals surface area contributed by atoms with E-state index in [2.05, 4.69) is 15.3 Å². The first-order chi connectivity index (χ1) is 14.3. The maximum Gasteiger partial charge on any atom is 0.336 e. The average molecular weight is 428 g/mol. The molecule has 0 radical (unpaired) electrons. The van der Waals surface area contributed by atoms with Crippen molar-refractivity contribution in [2.75, 3.05) is 19.5 Å². The van der Waals surface area contributed by atoms with Gasteiger partial charge in [0.2, 0.25) is 0 Å². The van der Waals surface area contributed by atoms with Gasteiger partial charge in [0.05, 0.1) is 25.5 Å². The SMILES string of the molecule is COC(=O)C1=C(C)N=C(C)C(C(=O)OC)C1c1cccc(Nc2nc(C)c(C)s2)c1. The predicted octanol–water partition coefficient (Wildman–Crippen LogP) is 4.30. The van der Waals surface area contributed by atoms with Crippen molar-refractivity contribution < 1.29 is 19.1 Å². The zero-order valence-electron chi connectivity index (χ0n) is 17.9. The fourth-order valence-corrected chi connectivity index (χ4v) is 4.50. The topological polar surface area (TPSA) is 89.9 Å². The highest BCUT2D eigenvalue weighted by molar-refractivity contribution is 7.15. The Kier molecular flexibility index (Phi) is 6.36. The Bertz CT molecular complexity index is 1030. The molecule has 0 spiro atoms. The standard InChI is InChI=1S/C22H25N3O4S/c1-11-14(4)30-22(24-11)25-16-9-7-8-15(10-16)19-17(20(26)28-5)12(2)23-13(3)18(19)21(27)29-6/h7-10,17,19H,1-6H3,(H,24,25). The summed E-state index contributed by atoms with van der Waals surface area (Å²) < 4.78 is 10.0. The third kappa shape index (κ3) is 4.14. The number of carbonyl (C=O) groups excluding carboxylic acids is 2. The molecule has 1 aliphatic heterocycles. The summed E-state index contributed by atoms with van der Waals surface area (Å²) in [6, 6.07) is 7.60. The van der Waals surface area contributed by atoms with E-state index in [1.165, 1.54) is 14.2 Å². The molecule has 2 atom stereocenters. The number of hydrogen-bond donors (Lipinski definition) is 1. The normalized spacial score (nSPS) is 18.7. The molecule has 1 aliphatic rings. The Labute approximate surface area is 179 Å². The molecule has 0 saturated carbocycles. The smallest absolute Gasteiger partial charge is 0.336 e. The second-order valence-corrected chi connectivity index (χ2v) is 8.34. The summed E-state index contributed by atoms with van der Waals surface area (Å²) in [5.41, 5.74) is 4.07. The molecule has 2 heterocycles. The van der Waals surface area contributed by atoms with E-state index in [1.54, 1.807) is 25.2 Å². The summed E-state index contributed by atoms with van der Waals surface area (Å²) in [4.78, 5) is 35.3. The number of esters is 2. The molecule has 0 amide bonds. The molecule has 1 aromatic carbocycles. The summed E-state index contributed by atoms with van der Waals surface area (Å²) in [5, 5.41) is 4.10. The molecule has 0 saturated heterocycles. The van der Waals surface area contributed by atoms with Gasteiger partial charge in [-0.05, 0) is 45.4 Å². The number of anilines is 2. The molecule has 8 heteroatoms. The van der Waals surface area contributed by atoms with Crippen LogP contribution in [0.5, 0.6) is 0 Å². The van der Waals surface area contributed by atoms with Crippen LogP contribution in [0.2, 0.25) is 0 Å². The van der Waals surface area contributed by atoms with Gasteiger partial charge in [-0.25, -0.2) is 9.78 Å². The lowest BCUT2D eigenvalue weighted by Crippen LogP contribution is -2.36. The highest BCUT2D eigenvalue weighted by Crippen LogP contribution is 2.41. The molecular weight excluding hydrogens is 402 g/mol. The maximum atomic E-state index is 12.6. The first kappa shape index (κ1) is 21.7. The minimum absolute atomic E-state index is 0.358. The number of nitrogens with one attached hydrogen (secondary N) is 1. The van der Waals surface area contributed by atoms with E-state index in [9.17, 15) is 9.59 Å². The highest BCUT2D eigenvalue weighted by atomic mass is 32.1. The van der Waals surface area contributed by atoms with Crippen LogP contribution >= 0.6 is 11.3 Å². The van der Waals surface area contributed by atoms with Crippen molar-refractivity contribution in [1.29, 1.82) is 0 Å². The molecule has 30 heavy (non-hydrogen) atoms. The lowest BCUT2D eigenvalue weighted by atomic mass is 9.75. The van der Waals surface area contributed by atoms with E-state index >= 15 is 0 Å². The second kappa shape index (κ2) is 8.79. The van der Waals surface area contributed by atoms with Crippen molar-refractivity contribution in [3.05, 3.63) is 51.7 Å². The van der Waals surface area contributed by atoms with Gasteiger partial charge in [-0.15, -0.1) is 11.3 Å². The lowest BCUT2D eigenvalue weighted by Gasteiger charge is -2.31. The predicted molar refractivity (Wildman–Crippen MR) is 117 cm³/mol. The molecule has 0 bridgehead atoms. The van der Waals surface area contributed by atoms with Gasteiger partial charge in [0, 0.05) is 27.9 Å². The summed E-state index contributed by atoms with van der Waals surface area (Å²) in [7, 11) is 2.66. The number of rotatable bonds is 5. The van der Waals surface area contributed by atoms with E-state index < -0.39 is 23.8 Å². The first-order valence-corrected chi connectivity index (χ1v) is 10.3. The van der Waals surface area contributed by atoms with Gasteiger partial charge in [-0.2, -0.15) is 0 Å². The van der Waals surface area contributed by atoms with Crippen molar-refractivity contribution in [1.82, 2.24) is 4.98 Å². The van der Waals surface area contributed by atoms with Crippen molar-refractivity contribution in [2.24, 2.45) is 10.9 Å². The molecule has 3 rings (SSSR count). The zero-order chi connectivity index (χ0) is 22.0. The quantitative estimate of drug-likeness (QED) is 0.716. The number of aromatic nitrogens is 1. The Balaban J connectivity index is 2.07. The zero-order valence-corrected chi connectivity index (χ0v) is 18.7. The summed E-state index contributed by atoms with van der Waals surface area (Å²) in [6.45, 7) is 7.51. The van der Waals surface area contributed by atoms with Crippen molar-refractivity contribution in [3.8, 4) is 0 Å². The largest absolute Gasteiger partial charge is 0.468 e. The van der Waals surface area contributed by atoms with E-state index in [0.717, 1.165) is 27.0 Å². The fourth-order valence-electron chi connectivity index (χ4n) is 3.66. The molecule has 158 valence electrons. The average Bonchev–Trinajstić information content (AvgIpc) is 3.03. The number of thiazole rings is 1. The molecule has 0 aliphatic carbocycles. The minimum atomic E-state index is -0.715. The van der Waals surface area contributed by atoms with Crippen LogP contribution in [-0.2, 0) is 19.1 Å². The number of ether oxygens (including phenoxy) is 2. The van der Waals surface area contributed by atoms with Gasteiger partial charge in [-0.3, -0.25) is 9.79 Å². The van der Waals surface area contributed by atoms with Crippen molar-refractivity contribution in [2.45, 2.75) is 33.6 Å². The van der Waals surface area contributed by atoms with E-state index in [1.807, 2.05) is 38.1 Å². The van der Waals surface area contributed by atoms with Crippen LogP contribution in [0, 0.1) is 19.8 Å². The van der Waals surface area contributed by atoms with Crippen LogP contribution < -0.4 is 5.32 Å². The molecule has 2 unspecified atom stereocenters. The van der Waals surface area contributed by atoms with Gasteiger partial charge in [0.15, 0.2) is 5.13 Å². The van der Waals surface area contributed by atoms with Crippen LogP contribution in [0.25, 0.3) is 0 Å². The van der Waals surface area contributed by atoms with Crippen LogP contribution in [0.3, 0.4) is 0 Å². The van der Waals surface area contributed by atoms with Gasteiger partial charge in [0.1, 0.15) is 5.92 Å². The molecule has 1 aromatic heterocycles. The van der Waals surface area contributed by atoms with Crippen LogP contribution in [0.15, 0.2) is 40.5 Å². The molecule has 0 fully saturated rings. The maximum absolute atomic E-state index is 12.6. The molecular formula is C22H25N3O4S. The lowest BCUT2D eigenvalue weighted by molar-refractivity contribution is -0.143. The van der Waals surface area contributed by atoms with Crippen molar-refractivity contribution >= 4 is 39.8 Å². The number of allylic oxidation sites excluding steroid dienone is 1. The number of benzene rings is 1. The number of methoxy groups -OCH3 is 2. The highest BCUT2D eigenvalue weighted by Gasteiger charge is 2.42. The van der Waals surface area contributed by atoms with Gasteiger partial charge < -0.3 is 14.8 Å². The Hall–Kier alpha value is -3.00. The van der Waals surface area contributed by atoms with Crippen molar-refractivity contribution in [3.63, 3.8) is 0 Å². The van der Waals surface area contributed by atoms with Crippen LogP contribution in [-0.4, -0.2) is 36.9 Å². The van der Waals surface area contributed by atoms with Gasteiger partial charge in [0.25, 0.3) is 0 Å². The number of aliphatic imine (C=N–C) groups is 1. The number of carbonyl (C=O) groups is 2. The monoisotopic (exact) mass is 427 g/mol. The Morgan fingerprint density at radius 3 is 2.43 bits per heavy atom. The summed E-state index contributed by atoms with van der Waals surface area (Å²) >= 11 is 1.57. The Morgan fingerprint density at radius 1 is 1.10 bits per heavy atom. The molecule has 2 aromatic rings. The Morgan fingerprint density at radius 2 is 1.83 bits per heavy atom. The van der Waals surface area contributed by atoms with Crippen LogP contribution in [0.1, 0.15) is 35.9 Å². The second-order valence-electron chi connectivity index (χ2n) is 7.13. The van der Waals surface area contributed by atoms with Crippen LogP contribution in [0.4, 0.5) is 10.8 Å². The van der Waals surface area contributed by atoms with Gasteiger partial charge in [-0.1, -0.05) is 12.1 Å². The number of nitrogens with zero attached hydrogens (tertiary/aromatic N) is 2. The summed E-state index contributed by atoms with van der Waals surface area (Å²) in [5.74, 6) is -2.23. The van der Waals surface area contributed by atoms with E-state index in [0.29, 0.717) is 17.0 Å². The summed E-state index contributed by atoms with van der Waals surface area (Å²) in [6.07, 6.45) is 0. The third-order valence-corrected chi connectivity index (χ3v) is 6.20. The molecule has 1 N–H and O–H groups in total. The first-order valence-electron chi connectivity index (χ1n) is 9.50. The van der Waals surface area contributed by atoms with E-state index in [4.69, 9.17) is 9.47 Å². The number of hydrogen-bond acceptors (Lipinski definition) is 8. The third-order valence-electron chi connectivity index (χ3n) is 5.21. The molecule has 7 nitrogen and oxygen atoms in total. The van der Waals surface area contributed by atoms with E-state index in [-0.39, 0.29) is 0 Å².